The lowest BCUT2D eigenvalue weighted by Gasteiger charge is -2.26. The van der Waals surface area contributed by atoms with Gasteiger partial charge in [0.25, 0.3) is 0 Å². The minimum absolute atomic E-state index is 0.0288. The van der Waals surface area contributed by atoms with E-state index in [1.807, 2.05) is 11.5 Å². The van der Waals surface area contributed by atoms with Gasteiger partial charge in [-0.1, -0.05) is 23.4 Å². The molecular weight excluding hydrogens is 393 g/mol. The fourth-order valence-corrected chi connectivity index (χ4v) is 3.72. The lowest BCUT2D eigenvalue weighted by atomic mass is 10.3. The van der Waals surface area contributed by atoms with Crippen LogP contribution in [0.3, 0.4) is 0 Å². The van der Waals surface area contributed by atoms with E-state index in [2.05, 4.69) is 20.4 Å². The first-order valence-corrected chi connectivity index (χ1v) is 10.0. The van der Waals surface area contributed by atoms with Crippen LogP contribution in [0, 0.1) is 5.82 Å². The Morgan fingerprint density at radius 2 is 2.15 bits per heavy atom. The SMILES string of the molecule is CCn1c(CN2CCOCC2)nnc1SCC(=O)Nc1ccc(F)c(Cl)c1. The first kappa shape index (κ1) is 20.1. The largest absolute Gasteiger partial charge is 0.379 e. The molecule has 0 bridgehead atoms. The number of nitrogens with zero attached hydrogens (tertiary/aromatic N) is 4. The van der Waals surface area contributed by atoms with Crippen molar-refractivity contribution < 1.29 is 13.9 Å². The molecule has 0 radical (unpaired) electrons. The van der Waals surface area contributed by atoms with Crippen molar-refractivity contribution in [3.63, 3.8) is 0 Å². The summed E-state index contributed by atoms with van der Waals surface area (Å²) in [5.41, 5.74) is 0.456. The number of anilines is 1. The van der Waals surface area contributed by atoms with Gasteiger partial charge in [-0.3, -0.25) is 9.69 Å². The number of halogens is 2. The number of hydrogen-bond donors (Lipinski definition) is 1. The molecule has 0 atom stereocenters. The topological polar surface area (TPSA) is 72.3 Å². The zero-order valence-electron chi connectivity index (χ0n) is 15.0. The first-order chi connectivity index (χ1) is 13.1. The molecule has 1 aliphatic heterocycles. The van der Waals surface area contributed by atoms with Gasteiger partial charge in [0, 0.05) is 25.3 Å². The van der Waals surface area contributed by atoms with E-state index in [4.69, 9.17) is 16.3 Å². The second-order valence-corrected chi connectivity index (χ2v) is 7.35. The molecule has 2 heterocycles. The number of morpholine rings is 1. The second-order valence-electron chi connectivity index (χ2n) is 6.00. The van der Waals surface area contributed by atoms with E-state index in [0.717, 1.165) is 38.7 Å². The van der Waals surface area contributed by atoms with Crippen molar-refractivity contribution in [3.05, 3.63) is 34.9 Å². The highest BCUT2D eigenvalue weighted by atomic mass is 35.5. The summed E-state index contributed by atoms with van der Waals surface area (Å²) in [6, 6.07) is 4.07. The molecule has 0 spiro atoms. The maximum atomic E-state index is 13.2. The minimum Gasteiger partial charge on any atom is -0.379 e. The second kappa shape index (κ2) is 9.50. The number of ether oxygens (including phenoxy) is 1. The number of carbonyl (C=O) groups excluding carboxylic acids is 1. The van der Waals surface area contributed by atoms with Gasteiger partial charge in [0.1, 0.15) is 11.6 Å². The Morgan fingerprint density at radius 3 is 2.85 bits per heavy atom. The fourth-order valence-electron chi connectivity index (χ4n) is 2.72. The van der Waals surface area contributed by atoms with E-state index in [-0.39, 0.29) is 16.7 Å². The molecule has 0 unspecified atom stereocenters. The molecule has 27 heavy (non-hydrogen) atoms. The molecule has 1 fully saturated rings. The van der Waals surface area contributed by atoms with Crippen molar-refractivity contribution in [1.29, 1.82) is 0 Å². The minimum atomic E-state index is -0.520. The summed E-state index contributed by atoms with van der Waals surface area (Å²) in [6.07, 6.45) is 0. The predicted octanol–water partition coefficient (Wildman–Crippen LogP) is 2.65. The highest BCUT2D eigenvalue weighted by Gasteiger charge is 2.17. The number of carbonyl (C=O) groups is 1. The summed E-state index contributed by atoms with van der Waals surface area (Å²) in [5.74, 6) is 0.314. The Hall–Kier alpha value is -1.68. The Balaban J connectivity index is 1.56. The molecule has 1 aliphatic rings. The van der Waals surface area contributed by atoms with E-state index in [1.165, 1.54) is 30.0 Å². The first-order valence-electron chi connectivity index (χ1n) is 8.66. The van der Waals surface area contributed by atoms with E-state index >= 15 is 0 Å². The van der Waals surface area contributed by atoms with Crippen LogP contribution in [0.4, 0.5) is 10.1 Å². The van der Waals surface area contributed by atoms with Gasteiger partial charge >= 0.3 is 0 Å². The maximum absolute atomic E-state index is 13.2. The van der Waals surface area contributed by atoms with Crippen molar-refractivity contribution in [2.24, 2.45) is 0 Å². The molecule has 10 heteroatoms. The lowest BCUT2D eigenvalue weighted by Crippen LogP contribution is -2.36. The van der Waals surface area contributed by atoms with Gasteiger partial charge in [0.05, 0.1) is 30.5 Å². The lowest BCUT2D eigenvalue weighted by molar-refractivity contribution is -0.113. The highest BCUT2D eigenvalue weighted by Crippen LogP contribution is 2.21. The third-order valence-electron chi connectivity index (χ3n) is 4.11. The van der Waals surface area contributed by atoms with Crippen LogP contribution in [0.5, 0.6) is 0 Å². The number of nitrogens with one attached hydrogen (secondary N) is 1. The van der Waals surface area contributed by atoms with Gasteiger partial charge in [0.2, 0.25) is 5.91 Å². The van der Waals surface area contributed by atoms with Gasteiger partial charge in [-0.2, -0.15) is 0 Å². The van der Waals surface area contributed by atoms with Crippen LogP contribution >= 0.6 is 23.4 Å². The fraction of sp³-hybridized carbons (Fsp3) is 0.471. The number of thioether (sulfide) groups is 1. The monoisotopic (exact) mass is 413 g/mol. The quantitative estimate of drug-likeness (QED) is 0.703. The van der Waals surface area contributed by atoms with Crippen LogP contribution in [-0.4, -0.2) is 57.6 Å². The highest BCUT2D eigenvalue weighted by molar-refractivity contribution is 7.99. The maximum Gasteiger partial charge on any atom is 0.234 e. The molecule has 3 rings (SSSR count). The van der Waals surface area contributed by atoms with Gasteiger partial charge in [-0.25, -0.2) is 4.39 Å². The Morgan fingerprint density at radius 1 is 1.37 bits per heavy atom. The van der Waals surface area contributed by atoms with Crippen LogP contribution in [0.1, 0.15) is 12.7 Å². The van der Waals surface area contributed by atoms with Crippen molar-refractivity contribution in [2.45, 2.75) is 25.2 Å². The molecule has 1 N–H and O–H groups in total. The molecule has 2 aromatic rings. The third-order valence-corrected chi connectivity index (χ3v) is 5.37. The summed E-state index contributed by atoms with van der Waals surface area (Å²) >= 11 is 7.04. The van der Waals surface area contributed by atoms with Crippen molar-refractivity contribution in [1.82, 2.24) is 19.7 Å². The molecule has 7 nitrogen and oxygen atoms in total. The van der Waals surface area contributed by atoms with E-state index in [1.54, 1.807) is 0 Å². The molecule has 0 saturated carbocycles. The molecule has 0 aliphatic carbocycles. The van der Waals surface area contributed by atoms with E-state index in [9.17, 15) is 9.18 Å². The number of hydrogen-bond acceptors (Lipinski definition) is 6. The summed E-state index contributed by atoms with van der Waals surface area (Å²) in [4.78, 5) is 14.4. The van der Waals surface area contributed by atoms with Gasteiger partial charge in [-0.15, -0.1) is 10.2 Å². The van der Waals surface area contributed by atoms with Crippen molar-refractivity contribution >= 4 is 35.0 Å². The summed E-state index contributed by atoms with van der Waals surface area (Å²) in [7, 11) is 0. The Labute approximate surface area is 166 Å². The average molecular weight is 414 g/mol. The van der Waals surface area contributed by atoms with Crippen molar-refractivity contribution in [2.75, 3.05) is 37.4 Å². The number of amides is 1. The van der Waals surface area contributed by atoms with Gasteiger partial charge < -0.3 is 14.6 Å². The summed E-state index contributed by atoms with van der Waals surface area (Å²) in [5, 5.41) is 11.9. The third kappa shape index (κ3) is 5.41. The average Bonchev–Trinajstić information content (AvgIpc) is 3.05. The number of aromatic nitrogens is 3. The zero-order valence-corrected chi connectivity index (χ0v) is 16.5. The summed E-state index contributed by atoms with van der Waals surface area (Å²) < 4.78 is 20.6. The molecule has 1 saturated heterocycles. The zero-order chi connectivity index (χ0) is 19.2. The van der Waals surface area contributed by atoms with Crippen LogP contribution < -0.4 is 5.32 Å². The molecule has 1 aromatic heterocycles. The van der Waals surface area contributed by atoms with Gasteiger partial charge in [0.15, 0.2) is 5.16 Å². The van der Waals surface area contributed by atoms with E-state index in [0.29, 0.717) is 17.4 Å². The van der Waals surface area contributed by atoms with Crippen molar-refractivity contribution in [3.8, 4) is 0 Å². The molecule has 146 valence electrons. The summed E-state index contributed by atoms with van der Waals surface area (Å²) in [6.45, 7) is 6.68. The van der Waals surface area contributed by atoms with E-state index < -0.39 is 5.82 Å². The molecule has 1 amide bonds. The van der Waals surface area contributed by atoms with Gasteiger partial charge in [-0.05, 0) is 25.1 Å². The van der Waals surface area contributed by atoms with Crippen LogP contribution in [0.15, 0.2) is 23.4 Å². The smallest absolute Gasteiger partial charge is 0.234 e. The van der Waals surface area contributed by atoms with Crippen LogP contribution in [0.25, 0.3) is 0 Å². The predicted molar refractivity (Wildman–Crippen MR) is 103 cm³/mol. The number of rotatable bonds is 7. The molecule has 1 aromatic carbocycles. The Bertz CT molecular complexity index is 798. The van der Waals surface area contributed by atoms with Crippen LogP contribution in [-0.2, 0) is 22.6 Å². The van der Waals surface area contributed by atoms with Crippen LogP contribution in [0.2, 0.25) is 5.02 Å². The normalized spacial score (nSPS) is 15.1. The standard InChI is InChI=1S/C17H21ClFN5O2S/c1-2-24-15(10-23-5-7-26-8-6-23)21-22-17(24)27-11-16(25)20-12-3-4-14(19)13(18)9-12/h3-4,9H,2,5-8,10-11H2,1H3,(H,20,25). The Kier molecular flexibility index (Phi) is 7.06. The molecular formula is C17H21ClFN5O2S. The number of benzene rings is 1.